The van der Waals surface area contributed by atoms with Crippen molar-refractivity contribution in [3.05, 3.63) is 93.8 Å². The first-order valence-electron chi connectivity index (χ1n) is 9.08. The van der Waals surface area contributed by atoms with Gasteiger partial charge in [0.05, 0.1) is 10.5 Å². The van der Waals surface area contributed by atoms with E-state index in [2.05, 4.69) is 10.0 Å². The van der Waals surface area contributed by atoms with Gasteiger partial charge in [0.15, 0.2) is 0 Å². The highest BCUT2D eigenvalue weighted by Gasteiger charge is 2.20. The van der Waals surface area contributed by atoms with Crippen molar-refractivity contribution in [2.45, 2.75) is 25.3 Å². The number of sulfonamides is 1. The van der Waals surface area contributed by atoms with Crippen molar-refractivity contribution < 1.29 is 17.6 Å². The summed E-state index contributed by atoms with van der Waals surface area (Å²) in [6, 6.07) is 15.3. The predicted octanol–water partition coefficient (Wildman–Crippen LogP) is 4.83. The number of halogens is 2. The first-order chi connectivity index (χ1) is 14.2. The van der Waals surface area contributed by atoms with Crippen LogP contribution in [0.5, 0.6) is 0 Å². The molecule has 0 spiro atoms. The molecule has 156 valence electrons. The molecule has 0 bridgehead atoms. The monoisotopic (exact) mass is 446 g/mol. The number of rotatable bonds is 6. The van der Waals surface area contributed by atoms with Crippen molar-refractivity contribution >= 4 is 33.2 Å². The summed E-state index contributed by atoms with van der Waals surface area (Å²) in [6.45, 7) is 3.82. The van der Waals surface area contributed by atoms with Gasteiger partial charge in [0, 0.05) is 17.3 Å². The second-order valence-corrected chi connectivity index (χ2v) is 9.04. The molecule has 0 fully saturated rings. The van der Waals surface area contributed by atoms with Gasteiger partial charge in [-0.15, -0.1) is 0 Å². The summed E-state index contributed by atoms with van der Waals surface area (Å²) in [7, 11) is -3.94. The fraction of sp³-hybridized carbons (Fsp3) is 0.136. The van der Waals surface area contributed by atoms with E-state index in [4.69, 9.17) is 11.6 Å². The average molecular weight is 447 g/mol. The molecule has 0 saturated heterocycles. The fourth-order valence-electron chi connectivity index (χ4n) is 2.68. The number of benzene rings is 3. The van der Waals surface area contributed by atoms with Crippen LogP contribution in [-0.2, 0) is 16.6 Å². The number of hydrogen-bond acceptors (Lipinski definition) is 3. The summed E-state index contributed by atoms with van der Waals surface area (Å²) >= 11 is 6.04. The maximum absolute atomic E-state index is 14.2. The van der Waals surface area contributed by atoms with Crippen LogP contribution in [-0.4, -0.2) is 14.3 Å². The van der Waals surface area contributed by atoms with Crippen LogP contribution < -0.4 is 10.0 Å². The lowest BCUT2D eigenvalue weighted by atomic mass is 10.2. The van der Waals surface area contributed by atoms with Gasteiger partial charge in [-0.2, -0.15) is 0 Å². The molecule has 3 rings (SSSR count). The molecule has 0 saturated carbocycles. The average Bonchev–Trinajstić information content (AvgIpc) is 2.70. The fourth-order valence-corrected chi connectivity index (χ4v) is 3.91. The Kier molecular flexibility index (Phi) is 6.55. The number of amides is 1. The van der Waals surface area contributed by atoms with E-state index in [9.17, 15) is 17.6 Å². The van der Waals surface area contributed by atoms with Gasteiger partial charge in [-0.1, -0.05) is 47.5 Å². The Hall–Kier alpha value is -2.74. The minimum absolute atomic E-state index is 0.0728. The summed E-state index contributed by atoms with van der Waals surface area (Å²) < 4.78 is 41.9. The van der Waals surface area contributed by atoms with Gasteiger partial charge in [-0.3, -0.25) is 4.79 Å². The predicted molar refractivity (Wildman–Crippen MR) is 116 cm³/mol. The van der Waals surface area contributed by atoms with E-state index in [1.54, 1.807) is 12.1 Å². The molecule has 3 aromatic rings. The van der Waals surface area contributed by atoms with Gasteiger partial charge >= 0.3 is 0 Å². The molecular weight excluding hydrogens is 427 g/mol. The van der Waals surface area contributed by atoms with Crippen molar-refractivity contribution in [2.24, 2.45) is 0 Å². The Balaban J connectivity index is 1.79. The van der Waals surface area contributed by atoms with E-state index in [1.807, 2.05) is 38.1 Å². The largest absolute Gasteiger partial charge is 0.322 e. The minimum atomic E-state index is -3.94. The molecule has 0 aliphatic heterocycles. The third kappa shape index (κ3) is 5.24. The number of anilines is 1. The highest BCUT2D eigenvalue weighted by atomic mass is 35.5. The lowest BCUT2D eigenvalue weighted by molar-refractivity contribution is 0.102. The van der Waals surface area contributed by atoms with E-state index in [1.165, 1.54) is 6.07 Å². The minimum Gasteiger partial charge on any atom is -0.322 e. The summed E-state index contributed by atoms with van der Waals surface area (Å²) in [4.78, 5) is 12.3. The van der Waals surface area contributed by atoms with Crippen molar-refractivity contribution in [1.82, 2.24) is 4.72 Å². The van der Waals surface area contributed by atoms with Gasteiger partial charge < -0.3 is 5.32 Å². The summed E-state index contributed by atoms with van der Waals surface area (Å²) in [5, 5.41) is 2.98. The van der Waals surface area contributed by atoms with Gasteiger partial charge in [0.1, 0.15) is 5.82 Å². The van der Waals surface area contributed by atoms with Crippen LogP contribution in [0.4, 0.5) is 10.1 Å². The van der Waals surface area contributed by atoms with Crippen LogP contribution in [0.25, 0.3) is 0 Å². The van der Waals surface area contributed by atoms with Gasteiger partial charge in [0.2, 0.25) is 10.0 Å². The number of carbonyl (C=O) groups excluding carboxylic acids is 1. The topological polar surface area (TPSA) is 75.3 Å². The van der Waals surface area contributed by atoms with Crippen LogP contribution in [0, 0.1) is 19.7 Å². The van der Waals surface area contributed by atoms with Crippen molar-refractivity contribution in [3.8, 4) is 0 Å². The zero-order valence-electron chi connectivity index (χ0n) is 16.4. The number of hydrogen-bond donors (Lipinski definition) is 2. The molecule has 1 amide bonds. The maximum Gasteiger partial charge on any atom is 0.258 e. The number of nitrogens with one attached hydrogen (secondary N) is 2. The molecule has 0 aliphatic rings. The Morgan fingerprint density at radius 1 is 1.00 bits per heavy atom. The third-order valence-electron chi connectivity index (χ3n) is 4.51. The lowest BCUT2D eigenvalue weighted by Gasteiger charge is -2.11. The molecular formula is C22H20ClFN2O3S. The second kappa shape index (κ2) is 8.95. The van der Waals surface area contributed by atoms with Crippen LogP contribution in [0.2, 0.25) is 5.02 Å². The molecule has 0 heterocycles. The Bertz CT molecular complexity index is 1200. The highest BCUT2D eigenvalue weighted by Crippen LogP contribution is 2.22. The molecule has 0 atom stereocenters. The quantitative estimate of drug-likeness (QED) is 0.569. The molecule has 0 radical (unpaired) electrons. The second-order valence-electron chi connectivity index (χ2n) is 6.87. The van der Waals surface area contributed by atoms with E-state index in [0.717, 1.165) is 34.9 Å². The summed E-state index contributed by atoms with van der Waals surface area (Å²) in [5.74, 6) is -1.61. The molecule has 0 aliphatic carbocycles. The molecule has 2 N–H and O–H groups in total. The lowest BCUT2D eigenvalue weighted by Crippen LogP contribution is -2.24. The van der Waals surface area contributed by atoms with Gasteiger partial charge in [-0.05, 0) is 55.3 Å². The van der Waals surface area contributed by atoms with Gasteiger partial charge in [0.25, 0.3) is 5.91 Å². The standard InChI is InChI=1S/C22H20ClFN2O3S/c1-14-3-6-16(7-4-14)13-25-30(28,29)18-9-10-21(24)19(12-18)22(27)26-17-8-5-15(2)20(23)11-17/h3-12,25H,13H2,1-2H3,(H,26,27). The molecule has 0 unspecified atom stereocenters. The Labute approximate surface area is 179 Å². The van der Waals surface area contributed by atoms with Crippen molar-refractivity contribution in [3.63, 3.8) is 0 Å². The number of aryl methyl sites for hydroxylation is 2. The molecule has 3 aromatic carbocycles. The summed E-state index contributed by atoms with van der Waals surface area (Å²) in [5.41, 5.74) is 2.66. The van der Waals surface area contributed by atoms with Crippen LogP contribution >= 0.6 is 11.6 Å². The zero-order valence-corrected chi connectivity index (χ0v) is 17.9. The van der Waals surface area contributed by atoms with E-state index in [-0.39, 0.29) is 17.0 Å². The Morgan fingerprint density at radius 2 is 1.70 bits per heavy atom. The molecule has 8 heteroatoms. The first-order valence-corrected chi connectivity index (χ1v) is 10.9. The van der Waals surface area contributed by atoms with Crippen LogP contribution in [0.15, 0.2) is 65.6 Å². The number of carbonyl (C=O) groups is 1. The maximum atomic E-state index is 14.2. The summed E-state index contributed by atoms with van der Waals surface area (Å²) in [6.07, 6.45) is 0. The van der Waals surface area contributed by atoms with Gasteiger partial charge in [-0.25, -0.2) is 17.5 Å². The van der Waals surface area contributed by atoms with E-state index >= 15 is 0 Å². The van der Waals surface area contributed by atoms with E-state index in [0.29, 0.717) is 10.7 Å². The smallest absolute Gasteiger partial charge is 0.258 e. The third-order valence-corrected chi connectivity index (χ3v) is 6.32. The normalized spacial score (nSPS) is 11.3. The molecule has 30 heavy (non-hydrogen) atoms. The Morgan fingerprint density at radius 3 is 2.37 bits per heavy atom. The van der Waals surface area contributed by atoms with Crippen molar-refractivity contribution in [1.29, 1.82) is 0 Å². The van der Waals surface area contributed by atoms with Crippen LogP contribution in [0.1, 0.15) is 27.0 Å². The highest BCUT2D eigenvalue weighted by molar-refractivity contribution is 7.89. The zero-order chi connectivity index (χ0) is 21.9. The van der Waals surface area contributed by atoms with Crippen molar-refractivity contribution in [2.75, 3.05) is 5.32 Å². The molecule has 0 aromatic heterocycles. The van der Waals surface area contributed by atoms with Crippen LogP contribution in [0.3, 0.4) is 0 Å². The molecule has 5 nitrogen and oxygen atoms in total. The van der Waals surface area contributed by atoms with E-state index < -0.39 is 21.7 Å². The first kappa shape index (κ1) is 22.0. The SMILES string of the molecule is Cc1ccc(CNS(=O)(=O)c2ccc(F)c(C(=O)Nc3ccc(C)c(Cl)c3)c2)cc1.